The van der Waals surface area contributed by atoms with Crippen molar-refractivity contribution in [1.82, 2.24) is 10.2 Å². The number of piperazine rings is 1. The van der Waals surface area contributed by atoms with E-state index in [1.54, 1.807) is 11.8 Å². The zero-order valence-electron chi connectivity index (χ0n) is 13.0. The van der Waals surface area contributed by atoms with Crippen LogP contribution in [0.4, 0.5) is 5.69 Å². The molecule has 23 heavy (non-hydrogen) atoms. The number of halogens is 1. The van der Waals surface area contributed by atoms with Crippen LogP contribution in [0.1, 0.15) is 13.3 Å². The lowest BCUT2D eigenvalue weighted by Gasteiger charge is -2.36. The zero-order chi connectivity index (χ0) is 16.8. The van der Waals surface area contributed by atoms with E-state index in [0.717, 1.165) is 18.8 Å². The van der Waals surface area contributed by atoms with Crippen LogP contribution in [-0.4, -0.2) is 55.2 Å². The maximum Gasteiger partial charge on any atom is 0.287 e. The molecule has 2 rings (SSSR count). The molecule has 7 heteroatoms. The summed E-state index contributed by atoms with van der Waals surface area (Å²) in [5.74, 6) is -1.37. The molecule has 0 unspecified atom stereocenters. The fourth-order valence-electron chi connectivity index (χ4n) is 2.39. The zero-order valence-corrected chi connectivity index (χ0v) is 13.8. The molecule has 0 atom stereocenters. The minimum Gasteiger partial charge on any atom is -0.368 e. The van der Waals surface area contributed by atoms with Crippen LogP contribution in [0.25, 0.3) is 0 Å². The van der Waals surface area contributed by atoms with Gasteiger partial charge in [0.25, 0.3) is 5.91 Å². The maximum atomic E-state index is 12.1. The van der Waals surface area contributed by atoms with E-state index in [4.69, 9.17) is 11.6 Å². The predicted octanol–water partition coefficient (Wildman–Crippen LogP) is 1.08. The van der Waals surface area contributed by atoms with E-state index in [1.165, 1.54) is 0 Å². The molecule has 1 aromatic rings. The lowest BCUT2D eigenvalue weighted by atomic mass is 10.2. The number of rotatable bonds is 5. The maximum absolute atomic E-state index is 12.1. The second-order valence-electron chi connectivity index (χ2n) is 5.30. The molecule has 6 nitrogen and oxygen atoms in total. The monoisotopic (exact) mass is 337 g/mol. The van der Waals surface area contributed by atoms with Gasteiger partial charge >= 0.3 is 0 Å². The second-order valence-corrected chi connectivity index (χ2v) is 5.74. The number of nitrogens with zero attached hydrogens (tertiary/aromatic N) is 2. The van der Waals surface area contributed by atoms with Gasteiger partial charge in [-0.1, -0.05) is 18.5 Å². The van der Waals surface area contributed by atoms with Crippen LogP contribution >= 0.6 is 11.6 Å². The van der Waals surface area contributed by atoms with Crippen molar-refractivity contribution in [2.75, 3.05) is 37.6 Å². The lowest BCUT2D eigenvalue weighted by molar-refractivity contribution is -0.139. The highest BCUT2D eigenvalue weighted by Gasteiger charge is 2.22. The number of carbonyl (C=O) groups excluding carboxylic acids is 3. The second kappa shape index (κ2) is 7.97. The van der Waals surface area contributed by atoms with Crippen molar-refractivity contribution in [2.45, 2.75) is 13.3 Å². The van der Waals surface area contributed by atoms with Crippen LogP contribution < -0.4 is 10.2 Å². The molecule has 1 N–H and O–H groups in total. The van der Waals surface area contributed by atoms with E-state index in [0.29, 0.717) is 18.1 Å². The summed E-state index contributed by atoms with van der Waals surface area (Å²) in [6, 6.07) is 7.59. The Balaban J connectivity index is 1.79. The molecule has 1 aliphatic rings. The molecule has 1 aromatic carbocycles. The van der Waals surface area contributed by atoms with Crippen LogP contribution in [0.5, 0.6) is 0 Å². The number of anilines is 1. The van der Waals surface area contributed by atoms with Gasteiger partial charge < -0.3 is 15.1 Å². The Morgan fingerprint density at radius 1 is 1.09 bits per heavy atom. The summed E-state index contributed by atoms with van der Waals surface area (Å²) in [4.78, 5) is 38.5. The molecule has 0 saturated carbocycles. The Bertz CT molecular complexity index is 581. The van der Waals surface area contributed by atoms with Crippen LogP contribution in [0.3, 0.4) is 0 Å². The average Bonchev–Trinajstić information content (AvgIpc) is 2.59. The van der Waals surface area contributed by atoms with Gasteiger partial charge in [0.1, 0.15) is 0 Å². The SMILES string of the molecule is CCC(=O)C(=O)NCC(=O)N1CCN(c2ccc(Cl)cc2)CC1. The third-order valence-corrected chi connectivity index (χ3v) is 4.05. The van der Waals surface area contributed by atoms with Crippen molar-refractivity contribution in [2.24, 2.45) is 0 Å². The lowest BCUT2D eigenvalue weighted by Crippen LogP contribution is -2.51. The molecule has 0 spiro atoms. The first kappa shape index (κ1) is 17.3. The van der Waals surface area contributed by atoms with Crippen LogP contribution in [0, 0.1) is 0 Å². The summed E-state index contributed by atoms with van der Waals surface area (Å²) < 4.78 is 0. The van der Waals surface area contributed by atoms with Gasteiger partial charge in [0.15, 0.2) is 0 Å². The summed E-state index contributed by atoms with van der Waals surface area (Å²) in [6.07, 6.45) is 0.139. The molecular weight excluding hydrogens is 318 g/mol. The van der Waals surface area contributed by atoms with Crippen LogP contribution in [0.15, 0.2) is 24.3 Å². The quantitative estimate of drug-likeness (QED) is 0.816. The molecule has 124 valence electrons. The average molecular weight is 338 g/mol. The number of Topliss-reactive ketones (excluding diaryl/α,β-unsaturated/α-hetero) is 1. The molecule has 0 aromatic heterocycles. The number of ketones is 1. The Hall–Kier alpha value is -2.08. The first-order chi connectivity index (χ1) is 11.0. The molecule has 0 bridgehead atoms. The Morgan fingerprint density at radius 3 is 2.26 bits per heavy atom. The van der Waals surface area contributed by atoms with Gasteiger partial charge in [-0.25, -0.2) is 0 Å². The van der Waals surface area contributed by atoms with Crippen LogP contribution in [0.2, 0.25) is 5.02 Å². The highest BCUT2D eigenvalue weighted by molar-refractivity contribution is 6.36. The van der Waals surface area contributed by atoms with E-state index in [2.05, 4.69) is 10.2 Å². The molecular formula is C16H20ClN3O3. The van der Waals surface area contributed by atoms with E-state index in [-0.39, 0.29) is 18.9 Å². The Labute approximate surface area is 140 Å². The van der Waals surface area contributed by atoms with E-state index in [9.17, 15) is 14.4 Å². The van der Waals surface area contributed by atoms with Crippen molar-refractivity contribution in [3.63, 3.8) is 0 Å². The third kappa shape index (κ3) is 4.69. The standard InChI is InChI=1S/C16H20ClN3O3/c1-2-14(21)16(23)18-11-15(22)20-9-7-19(8-10-20)13-5-3-12(17)4-6-13/h3-6H,2,7-11H2,1H3,(H,18,23). The summed E-state index contributed by atoms with van der Waals surface area (Å²) in [6.45, 7) is 4.08. The minimum atomic E-state index is -0.694. The highest BCUT2D eigenvalue weighted by atomic mass is 35.5. The van der Waals surface area contributed by atoms with Crippen LogP contribution in [-0.2, 0) is 14.4 Å². The topological polar surface area (TPSA) is 69.7 Å². The normalized spacial score (nSPS) is 14.5. The van der Waals surface area contributed by atoms with Crippen molar-refractivity contribution in [3.8, 4) is 0 Å². The minimum absolute atomic E-state index is 0.133. The number of carbonyl (C=O) groups is 3. The molecule has 1 aliphatic heterocycles. The van der Waals surface area contributed by atoms with E-state index >= 15 is 0 Å². The molecule has 1 saturated heterocycles. The molecule has 2 amide bonds. The Kier molecular flexibility index (Phi) is 5.98. The first-order valence-corrected chi connectivity index (χ1v) is 7.98. The predicted molar refractivity (Wildman–Crippen MR) is 88.6 cm³/mol. The molecule has 1 heterocycles. The van der Waals surface area contributed by atoms with E-state index < -0.39 is 11.7 Å². The van der Waals surface area contributed by atoms with Crippen molar-refractivity contribution < 1.29 is 14.4 Å². The largest absolute Gasteiger partial charge is 0.368 e. The van der Waals surface area contributed by atoms with E-state index in [1.807, 2.05) is 24.3 Å². The summed E-state index contributed by atoms with van der Waals surface area (Å²) >= 11 is 5.88. The first-order valence-electron chi connectivity index (χ1n) is 7.60. The summed E-state index contributed by atoms with van der Waals surface area (Å²) in [7, 11) is 0. The van der Waals surface area contributed by atoms with Gasteiger partial charge in [0, 0.05) is 43.3 Å². The fraction of sp³-hybridized carbons (Fsp3) is 0.438. The smallest absolute Gasteiger partial charge is 0.287 e. The van der Waals surface area contributed by atoms with Gasteiger partial charge in [-0.3, -0.25) is 14.4 Å². The highest BCUT2D eigenvalue weighted by Crippen LogP contribution is 2.19. The van der Waals surface area contributed by atoms with Gasteiger partial charge in [-0.15, -0.1) is 0 Å². The van der Waals surface area contributed by atoms with Gasteiger partial charge in [-0.2, -0.15) is 0 Å². The number of amides is 2. The number of hydrogen-bond acceptors (Lipinski definition) is 4. The van der Waals surface area contributed by atoms with Gasteiger partial charge in [-0.05, 0) is 24.3 Å². The molecule has 1 fully saturated rings. The number of benzene rings is 1. The number of hydrogen-bond donors (Lipinski definition) is 1. The molecule has 0 aliphatic carbocycles. The molecule has 0 radical (unpaired) electrons. The summed E-state index contributed by atoms with van der Waals surface area (Å²) in [5, 5.41) is 3.07. The van der Waals surface area contributed by atoms with Gasteiger partial charge in [0.05, 0.1) is 6.54 Å². The van der Waals surface area contributed by atoms with Crippen molar-refractivity contribution >= 4 is 34.9 Å². The third-order valence-electron chi connectivity index (χ3n) is 3.80. The van der Waals surface area contributed by atoms with Crippen molar-refractivity contribution in [1.29, 1.82) is 0 Å². The Morgan fingerprint density at radius 2 is 1.70 bits per heavy atom. The fourth-order valence-corrected chi connectivity index (χ4v) is 2.52. The summed E-state index contributed by atoms with van der Waals surface area (Å²) in [5.41, 5.74) is 1.07. The van der Waals surface area contributed by atoms with Crippen molar-refractivity contribution in [3.05, 3.63) is 29.3 Å². The number of nitrogens with one attached hydrogen (secondary N) is 1. The van der Waals surface area contributed by atoms with Gasteiger partial charge in [0.2, 0.25) is 11.7 Å².